The molecule has 0 fully saturated rings. The lowest BCUT2D eigenvalue weighted by Crippen LogP contribution is -2.38. The zero-order valence-electron chi connectivity index (χ0n) is 11.2. The first-order chi connectivity index (χ1) is 9.25. The van der Waals surface area contributed by atoms with Crippen molar-refractivity contribution in [2.45, 2.75) is 32.1 Å². The number of hydrogen-bond donors (Lipinski definition) is 1. The molecule has 0 bridgehead atoms. The fraction of sp³-hybridized carbons (Fsp3) is 0.417. The molecule has 0 radical (unpaired) electrons. The summed E-state index contributed by atoms with van der Waals surface area (Å²) in [5.74, 6) is -0.524. The summed E-state index contributed by atoms with van der Waals surface area (Å²) in [4.78, 5) is 21.3. The highest BCUT2D eigenvalue weighted by atomic mass is 32.2. The van der Waals surface area contributed by atoms with Crippen LogP contribution in [0.5, 0.6) is 0 Å². The highest BCUT2D eigenvalue weighted by Gasteiger charge is 2.19. The van der Waals surface area contributed by atoms with Crippen molar-refractivity contribution in [3.8, 4) is 0 Å². The highest BCUT2D eigenvalue weighted by molar-refractivity contribution is 7.88. The van der Waals surface area contributed by atoms with Gasteiger partial charge in [0.2, 0.25) is 10.0 Å². The van der Waals surface area contributed by atoms with Crippen LogP contribution in [0.25, 0.3) is 0 Å². The summed E-state index contributed by atoms with van der Waals surface area (Å²) in [5, 5.41) is 10.5. The van der Waals surface area contributed by atoms with E-state index in [9.17, 15) is 23.3 Å². The van der Waals surface area contributed by atoms with Crippen molar-refractivity contribution in [3.05, 3.63) is 39.9 Å². The molecule has 110 valence electrons. The zero-order valence-corrected chi connectivity index (χ0v) is 12.0. The third-order valence-electron chi connectivity index (χ3n) is 2.69. The van der Waals surface area contributed by atoms with E-state index in [1.54, 1.807) is 6.92 Å². The Hall–Kier alpha value is -1.80. The molecule has 1 rings (SSSR count). The van der Waals surface area contributed by atoms with Gasteiger partial charge in [-0.3, -0.25) is 14.9 Å². The lowest BCUT2D eigenvalue weighted by molar-refractivity contribution is -0.384. The number of nitrogens with zero attached hydrogens (tertiary/aromatic N) is 1. The van der Waals surface area contributed by atoms with Crippen LogP contribution >= 0.6 is 0 Å². The molecule has 0 heterocycles. The van der Waals surface area contributed by atoms with Crippen molar-refractivity contribution in [2.75, 3.05) is 0 Å². The number of nitro groups is 1. The number of rotatable bonds is 7. The molecular formula is C12H16N2O5S. The van der Waals surface area contributed by atoms with Gasteiger partial charge in [-0.05, 0) is 12.5 Å². The summed E-state index contributed by atoms with van der Waals surface area (Å²) in [6, 6.07) is 4.47. The van der Waals surface area contributed by atoms with Crippen molar-refractivity contribution < 1.29 is 18.1 Å². The highest BCUT2D eigenvalue weighted by Crippen LogP contribution is 2.13. The Bertz CT molecular complexity index is 595. The number of sulfonamides is 1. The van der Waals surface area contributed by atoms with Crippen molar-refractivity contribution in [2.24, 2.45) is 0 Å². The van der Waals surface area contributed by atoms with Crippen LogP contribution in [0.15, 0.2) is 24.3 Å². The molecule has 0 spiro atoms. The number of Topliss-reactive ketones (excluding diaryl/α,β-unsaturated/α-hetero) is 1. The minimum atomic E-state index is -3.66. The Morgan fingerprint density at radius 1 is 1.35 bits per heavy atom. The van der Waals surface area contributed by atoms with E-state index < -0.39 is 21.0 Å². The van der Waals surface area contributed by atoms with Gasteiger partial charge in [-0.15, -0.1) is 0 Å². The average Bonchev–Trinajstić information content (AvgIpc) is 2.37. The van der Waals surface area contributed by atoms with E-state index in [0.29, 0.717) is 5.56 Å². The van der Waals surface area contributed by atoms with Crippen LogP contribution in [0.2, 0.25) is 0 Å². The van der Waals surface area contributed by atoms with Gasteiger partial charge in [-0.2, -0.15) is 0 Å². The molecule has 0 aromatic heterocycles. The molecule has 8 heteroatoms. The predicted molar refractivity (Wildman–Crippen MR) is 73.6 cm³/mol. The summed E-state index contributed by atoms with van der Waals surface area (Å²) < 4.78 is 26.0. The molecule has 0 saturated carbocycles. The first-order valence-electron chi connectivity index (χ1n) is 6.01. The second kappa shape index (κ2) is 6.58. The first kappa shape index (κ1) is 16.3. The fourth-order valence-corrected chi connectivity index (χ4v) is 3.00. The van der Waals surface area contributed by atoms with Gasteiger partial charge in [0.25, 0.3) is 5.69 Å². The van der Waals surface area contributed by atoms with Crippen LogP contribution in [0.3, 0.4) is 0 Å². The van der Waals surface area contributed by atoms with Crippen molar-refractivity contribution in [1.29, 1.82) is 0 Å². The van der Waals surface area contributed by atoms with E-state index >= 15 is 0 Å². The van der Waals surface area contributed by atoms with Crippen LogP contribution in [0.4, 0.5) is 5.69 Å². The SMILES string of the molecule is CCC(=O)C(C)NS(=O)(=O)Cc1ccc([N+](=O)[O-])cc1. The maximum atomic E-state index is 11.9. The smallest absolute Gasteiger partial charge is 0.269 e. The Morgan fingerprint density at radius 2 is 1.90 bits per heavy atom. The van der Waals surface area contributed by atoms with E-state index in [2.05, 4.69) is 4.72 Å². The first-order valence-corrected chi connectivity index (χ1v) is 7.66. The van der Waals surface area contributed by atoms with Gasteiger partial charge >= 0.3 is 0 Å². The number of carbonyl (C=O) groups excluding carboxylic acids is 1. The number of hydrogen-bond acceptors (Lipinski definition) is 5. The van der Waals surface area contributed by atoms with E-state index in [-0.39, 0.29) is 23.6 Å². The Labute approximate surface area is 117 Å². The molecule has 1 unspecified atom stereocenters. The van der Waals surface area contributed by atoms with Crippen LogP contribution in [0, 0.1) is 10.1 Å². The maximum absolute atomic E-state index is 11.9. The fourth-order valence-electron chi connectivity index (χ4n) is 1.62. The Morgan fingerprint density at radius 3 is 2.35 bits per heavy atom. The lowest BCUT2D eigenvalue weighted by Gasteiger charge is -2.12. The van der Waals surface area contributed by atoms with Gasteiger partial charge in [0.05, 0.1) is 16.7 Å². The van der Waals surface area contributed by atoms with Gasteiger partial charge in [-0.25, -0.2) is 13.1 Å². The molecule has 1 aromatic carbocycles. The van der Waals surface area contributed by atoms with Crippen LogP contribution in [-0.4, -0.2) is 25.2 Å². The van der Waals surface area contributed by atoms with Gasteiger partial charge in [-0.1, -0.05) is 19.1 Å². The molecular weight excluding hydrogens is 284 g/mol. The number of nitrogens with one attached hydrogen (secondary N) is 1. The standard InChI is InChI=1S/C12H16N2O5S/c1-3-12(15)9(2)13-20(18,19)8-10-4-6-11(7-5-10)14(16)17/h4-7,9,13H,3,8H2,1-2H3. The monoisotopic (exact) mass is 300 g/mol. The molecule has 0 aliphatic rings. The second-order valence-corrected chi connectivity index (χ2v) is 6.10. The third-order valence-corrected chi connectivity index (χ3v) is 4.12. The molecule has 1 N–H and O–H groups in total. The quantitative estimate of drug-likeness (QED) is 0.604. The van der Waals surface area contributed by atoms with Gasteiger partial charge in [0, 0.05) is 18.6 Å². The van der Waals surface area contributed by atoms with E-state index in [1.807, 2.05) is 0 Å². The summed E-state index contributed by atoms with van der Waals surface area (Å²) in [6.45, 7) is 3.14. The van der Waals surface area contributed by atoms with Crippen LogP contribution in [0.1, 0.15) is 25.8 Å². The second-order valence-electron chi connectivity index (χ2n) is 4.34. The zero-order chi connectivity index (χ0) is 15.3. The van der Waals surface area contributed by atoms with Crippen molar-refractivity contribution in [1.82, 2.24) is 4.72 Å². The largest absolute Gasteiger partial charge is 0.298 e. The normalized spacial score (nSPS) is 12.9. The van der Waals surface area contributed by atoms with E-state index in [0.717, 1.165) is 0 Å². The Balaban J connectivity index is 2.76. The van der Waals surface area contributed by atoms with Crippen molar-refractivity contribution >= 4 is 21.5 Å². The molecule has 0 aliphatic carbocycles. The van der Waals surface area contributed by atoms with Gasteiger partial charge in [0.15, 0.2) is 0 Å². The number of ketones is 1. The van der Waals surface area contributed by atoms with Gasteiger partial charge in [0.1, 0.15) is 5.78 Å². The molecule has 1 aromatic rings. The minimum absolute atomic E-state index is 0.103. The Kier molecular flexibility index (Phi) is 5.34. The summed E-state index contributed by atoms with van der Waals surface area (Å²) in [6.07, 6.45) is 0.251. The molecule has 1 atom stereocenters. The maximum Gasteiger partial charge on any atom is 0.269 e. The lowest BCUT2D eigenvalue weighted by atomic mass is 10.2. The number of benzene rings is 1. The predicted octanol–water partition coefficient (Wildman–Crippen LogP) is 1.38. The number of nitro benzene ring substituents is 1. The van der Waals surface area contributed by atoms with E-state index in [4.69, 9.17) is 0 Å². The molecule has 7 nitrogen and oxygen atoms in total. The molecule has 0 amide bonds. The average molecular weight is 300 g/mol. The van der Waals surface area contributed by atoms with E-state index in [1.165, 1.54) is 31.2 Å². The third kappa shape index (κ3) is 4.71. The minimum Gasteiger partial charge on any atom is -0.298 e. The summed E-state index contributed by atoms with van der Waals surface area (Å²) >= 11 is 0. The number of carbonyl (C=O) groups is 1. The van der Waals surface area contributed by atoms with Gasteiger partial charge < -0.3 is 0 Å². The molecule has 20 heavy (non-hydrogen) atoms. The molecule has 0 aliphatic heterocycles. The van der Waals surface area contributed by atoms with Crippen LogP contribution in [-0.2, 0) is 20.6 Å². The van der Waals surface area contributed by atoms with Crippen molar-refractivity contribution in [3.63, 3.8) is 0 Å². The van der Waals surface area contributed by atoms with Crippen LogP contribution < -0.4 is 4.72 Å². The topological polar surface area (TPSA) is 106 Å². The summed E-state index contributed by atoms with van der Waals surface area (Å²) in [7, 11) is -3.66. The number of non-ortho nitro benzene ring substituents is 1. The summed E-state index contributed by atoms with van der Waals surface area (Å²) in [5.41, 5.74) is 0.313. The molecule has 0 saturated heterocycles.